The van der Waals surface area contributed by atoms with Crippen molar-refractivity contribution in [3.63, 3.8) is 0 Å². The van der Waals surface area contributed by atoms with Crippen LogP contribution in [-0.2, 0) is 9.53 Å². The van der Waals surface area contributed by atoms with Crippen LogP contribution < -0.4 is 10.6 Å². The minimum Gasteiger partial charge on any atom is -0.375 e. The van der Waals surface area contributed by atoms with Gasteiger partial charge in [0.15, 0.2) is 0 Å². The highest BCUT2D eigenvalue weighted by molar-refractivity contribution is 5.81. The molecule has 0 bridgehead atoms. The molecule has 0 radical (unpaired) electrons. The highest BCUT2D eigenvalue weighted by atomic mass is 16.5. The summed E-state index contributed by atoms with van der Waals surface area (Å²) >= 11 is 0. The molecule has 0 saturated carbocycles. The van der Waals surface area contributed by atoms with E-state index in [1.165, 1.54) is 0 Å². The van der Waals surface area contributed by atoms with Crippen LogP contribution >= 0.6 is 0 Å². The SMILES string of the molecule is CCC1(C)CC(NC(C)C(=O)NC(C)C)CCO1. The molecule has 3 atom stereocenters. The van der Waals surface area contributed by atoms with Crippen molar-refractivity contribution >= 4 is 5.91 Å². The van der Waals surface area contributed by atoms with Gasteiger partial charge < -0.3 is 15.4 Å². The van der Waals surface area contributed by atoms with Crippen LogP contribution in [0, 0.1) is 0 Å². The number of amides is 1. The van der Waals surface area contributed by atoms with Crippen molar-refractivity contribution in [2.24, 2.45) is 0 Å². The van der Waals surface area contributed by atoms with Crippen LogP contribution in [0.5, 0.6) is 0 Å². The van der Waals surface area contributed by atoms with Crippen molar-refractivity contribution in [3.05, 3.63) is 0 Å². The second kappa shape index (κ2) is 6.53. The first-order chi connectivity index (χ1) is 8.36. The Bertz CT molecular complexity index is 281. The molecule has 1 fully saturated rings. The summed E-state index contributed by atoms with van der Waals surface area (Å²) in [6.07, 6.45) is 2.97. The average Bonchev–Trinajstić information content (AvgIpc) is 2.28. The van der Waals surface area contributed by atoms with Crippen LogP contribution in [0.1, 0.15) is 53.9 Å². The highest BCUT2D eigenvalue weighted by Gasteiger charge is 2.32. The topological polar surface area (TPSA) is 50.4 Å². The molecule has 0 aliphatic carbocycles. The van der Waals surface area contributed by atoms with Crippen LogP contribution in [0.3, 0.4) is 0 Å². The van der Waals surface area contributed by atoms with E-state index in [1.807, 2.05) is 20.8 Å². The zero-order chi connectivity index (χ0) is 13.8. The molecule has 3 unspecified atom stereocenters. The van der Waals surface area contributed by atoms with E-state index in [1.54, 1.807) is 0 Å². The fraction of sp³-hybridized carbons (Fsp3) is 0.929. The number of hydrogen-bond donors (Lipinski definition) is 2. The lowest BCUT2D eigenvalue weighted by Crippen LogP contribution is -2.52. The lowest BCUT2D eigenvalue weighted by molar-refractivity contribution is -0.124. The number of carbonyl (C=O) groups excluding carboxylic acids is 1. The number of rotatable bonds is 5. The molecule has 2 N–H and O–H groups in total. The molecule has 1 saturated heterocycles. The van der Waals surface area contributed by atoms with Crippen LogP contribution in [0.15, 0.2) is 0 Å². The fourth-order valence-electron chi connectivity index (χ4n) is 2.36. The van der Waals surface area contributed by atoms with Crippen LogP contribution in [-0.4, -0.2) is 36.2 Å². The Hall–Kier alpha value is -0.610. The molecule has 4 heteroatoms. The molecule has 18 heavy (non-hydrogen) atoms. The van der Waals surface area contributed by atoms with Gasteiger partial charge in [-0.1, -0.05) is 6.92 Å². The van der Waals surface area contributed by atoms with Gasteiger partial charge in [-0.2, -0.15) is 0 Å². The third-order valence-corrected chi connectivity index (χ3v) is 3.65. The van der Waals surface area contributed by atoms with Crippen molar-refractivity contribution in [2.75, 3.05) is 6.61 Å². The minimum atomic E-state index is -0.142. The zero-order valence-electron chi connectivity index (χ0n) is 12.4. The van der Waals surface area contributed by atoms with E-state index in [0.717, 1.165) is 25.9 Å². The largest absolute Gasteiger partial charge is 0.375 e. The van der Waals surface area contributed by atoms with Crippen molar-refractivity contribution in [3.8, 4) is 0 Å². The highest BCUT2D eigenvalue weighted by Crippen LogP contribution is 2.27. The van der Waals surface area contributed by atoms with Gasteiger partial charge in [0.1, 0.15) is 0 Å². The van der Waals surface area contributed by atoms with Gasteiger partial charge in [-0.15, -0.1) is 0 Å². The Labute approximate surface area is 111 Å². The summed E-state index contributed by atoms with van der Waals surface area (Å²) in [7, 11) is 0. The Morgan fingerprint density at radius 1 is 1.44 bits per heavy atom. The van der Waals surface area contributed by atoms with Gasteiger partial charge in [0.05, 0.1) is 11.6 Å². The second-order valence-corrected chi connectivity index (χ2v) is 5.89. The molecule has 1 aliphatic rings. The van der Waals surface area contributed by atoms with E-state index < -0.39 is 0 Å². The lowest BCUT2D eigenvalue weighted by Gasteiger charge is -2.39. The van der Waals surface area contributed by atoms with Crippen molar-refractivity contribution < 1.29 is 9.53 Å². The normalized spacial score (nSPS) is 30.2. The molecule has 1 aliphatic heterocycles. The quantitative estimate of drug-likeness (QED) is 0.789. The molecule has 1 rings (SSSR count). The van der Waals surface area contributed by atoms with E-state index in [9.17, 15) is 4.79 Å². The standard InChI is InChI=1S/C14H28N2O2/c1-6-14(5)9-12(7-8-18-14)16-11(4)13(17)15-10(2)3/h10-12,16H,6-9H2,1-5H3,(H,15,17). The monoisotopic (exact) mass is 256 g/mol. The number of nitrogens with one attached hydrogen (secondary N) is 2. The first-order valence-corrected chi connectivity index (χ1v) is 7.06. The number of carbonyl (C=O) groups is 1. The van der Waals surface area contributed by atoms with Gasteiger partial charge in [0, 0.05) is 18.7 Å². The Morgan fingerprint density at radius 2 is 2.11 bits per heavy atom. The summed E-state index contributed by atoms with van der Waals surface area (Å²) in [5.41, 5.74) is -0.0375. The molecular formula is C14H28N2O2. The van der Waals surface area contributed by atoms with E-state index in [2.05, 4.69) is 24.5 Å². The fourth-order valence-corrected chi connectivity index (χ4v) is 2.36. The van der Waals surface area contributed by atoms with Gasteiger partial charge in [-0.25, -0.2) is 0 Å². The Balaban J connectivity index is 2.44. The van der Waals surface area contributed by atoms with Crippen LogP contribution in [0.25, 0.3) is 0 Å². The average molecular weight is 256 g/mol. The zero-order valence-corrected chi connectivity index (χ0v) is 12.4. The molecule has 0 aromatic carbocycles. The van der Waals surface area contributed by atoms with E-state index in [-0.39, 0.29) is 23.6 Å². The second-order valence-electron chi connectivity index (χ2n) is 5.89. The maximum absolute atomic E-state index is 11.9. The summed E-state index contributed by atoms with van der Waals surface area (Å²) in [5, 5.41) is 6.36. The first-order valence-electron chi connectivity index (χ1n) is 7.06. The van der Waals surface area contributed by atoms with Gasteiger partial charge in [-0.05, 0) is 47.0 Å². The van der Waals surface area contributed by atoms with E-state index in [0.29, 0.717) is 6.04 Å². The summed E-state index contributed by atoms with van der Waals surface area (Å²) in [6, 6.07) is 0.422. The van der Waals surface area contributed by atoms with Crippen LogP contribution in [0.2, 0.25) is 0 Å². The molecule has 106 valence electrons. The summed E-state index contributed by atoms with van der Waals surface area (Å²) in [4.78, 5) is 11.9. The smallest absolute Gasteiger partial charge is 0.237 e. The predicted molar refractivity (Wildman–Crippen MR) is 73.5 cm³/mol. The van der Waals surface area contributed by atoms with Crippen molar-refractivity contribution in [2.45, 2.75) is 77.6 Å². The van der Waals surface area contributed by atoms with Crippen molar-refractivity contribution in [1.29, 1.82) is 0 Å². The van der Waals surface area contributed by atoms with Crippen LogP contribution in [0.4, 0.5) is 0 Å². The summed E-state index contributed by atoms with van der Waals surface area (Å²) in [5.74, 6) is 0.0784. The molecule has 0 spiro atoms. The van der Waals surface area contributed by atoms with Crippen molar-refractivity contribution in [1.82, 2.24) is 10.6 Å². The molecular weight excluding hydrogens is 228 g/mol. The lowest BCUT2D eigenvalue weighted by atomic mass is 9.89. The third-order valence-electron chi connectivity index (χ3n) is 3.65. The summed E-state index contributed by atoms with van der Waals surface area (Å²) < 4.78 is 5.81. The van der Waals surface area contributed by atoms with Gasteiger partial charge in [0.25, 0.3) is 0 Å². The first kappa shape index (κ1) is 15.4. The van der Waals surface area contributed by atoms with E-state index in [4.69, 9.17) is 4.74 Å². The Kier molecular flexibility index (Phi) is 5.60. The Morgan fingerprint density at radius 3 is 2.67 bits per heavy atom. The molecule has 1 amide bonds. The number of ether oxygens (including phenoxy) is 1. The molecule has 0 aromatic rings. The predicted octanol–water partition coefficient (Wildman–Crippen LogP) is 1.84. The molecule has 4 nitrogen and oxygen atoms in total. The van der Waals surface area contributed by atoms with Gasteiger partial charge in [-0.3, -0.25) is 4.79 Å². The van der Waals surface area contributed by atoms with E-state index >= 15 is 0 Å². The molecule has 0 aromatic heterocycles. The maximum atomic E-state index is 11.9. The minimum absolute atomic E-state index is 0.0375. The number of hydrogen-bond acceptors (Lipinski definition) is 3. The van der Waals surface area contributed by atoms with Gasteiger partial charge >= 0.3 is 0 Å². The summed E-state index contributed by atoms with van der Waals surface area (Å²) in [6.45, 7) is 11.0. The van der Waals surface area contributed by atoms with Gasteiger partial charge in [0.2, 0.25) is 5.91 Å². The molecule has 1 heterocycles. The third kappa shape index (κ3) is 4.58. The maximum Gasteiger partial charge on any atom is 0.237 e.